The first kappa shape index (κ1) is 17.0. The molecule has 1 saturated carbocycles. The molecule has 3 atom stereocenters. The molecule has 0 heterocycles. The molecule has 1 amide bonds. The molecule has 1 aliphatic carbocycles. The van der Waals surface area contributed by atoms with Crippen LogP contribution in [0, 0.1) is 17.3 Å². The fourth-order valence-electron chi connectivity index (χ4n) is 2.92. The zero-order chi connectivity index (χ0) is 15.5. The molecule has 0 radical (unpaired) electrons. The number of carboxylic acid groups (broad SMARTS) is 1. The molecule has 0 saturated heterocycles. The van der Waals surface area contributed by atoms with E-state index in [2.05, 4.69) is 6.92 Å². The summed E-state index contributed by atoms with van der Waals surface area (Å²) in [5, 5.41) is 9.42. The number of hydrogen-bond donors (Lipinski definition) is 1. The van der Waals surface area contributed by atoms with E-state index in [0.29, 0.717) is 5.92 Å². The summed E-state index contributed by atoms with van der Waals surface area (Å²) in [7, 11) is 1.83. The van der Waals surface area contributed by atoms with Crippen LogP contribution in [0.4, 0.5) is 0 Å². The van der Waals surface area contributed by atoms with E-state index >= 15 is 0 Å². The van der Waals surface area contributed by atoms with Gasteiger partial charge in [0.1, 0.15) is 0 Å². The molecule has 3 unspecified atom stereocenters. The zero-order valence-electron chi connectivity index (χ0n) is 13.5. The number of hydrogen-bond acceptors (Lipinski definition) is 2. The molecule has 1 rings (SSSR count). The summed E-state index contributed by atoms with van der Waals surface area (Å²) in [6.07, 6.45) is 4.55. The van der Waals surface area contributed by atoms with E-state index in [9.17, 15) is 14.7 Å². The molecule has 4 heteroatoms. The first-order chi connectivity index (χ1) is 9.18. The molecular weight excluding hydrogens is 254 g/mol. The highest BCUT2D eigenvalue weighted by molar-refractivity contribution is 5.85. The third kappa shape index (κ3) is 3.74. The molecule has 1 aliphatic rings. The van der Waals surface area contributed by atoms with Crippen LogP contribution in [0.15, 0.2) is 0 Å². The van der Waals surface area contributed by atoms with Crippen molar-refractivity contribution in [3.63, 3.8) is 0 Å². The average Bonchev–Trinajstić information content (AvgIpc) is 2.37. The van der Waals surface area contributed by atoms with Gasteiger partial charge in [0.25, 0.3) is 0 Å². The number of amides is 1. The summed E-state index contributed by atoms with van der Waals surface area (Å²) < 4.78 is 0. The maximum absolute atomic E-state index is 12.4. The predicted octanol–water partition coefficient (Wildman–Crippen LogP) is 3.16. The van der Waals surface area contributed by atoms with Crippen LogP contribution in [0.1, 0.15) is 59.8 Å². The highest BCUT2D eigenvalue weighted by Gasteiger charge is 2.40. The number of nitrogens with zero attached hydrogens (tertiary/aromatic N) is 1. The standard InChI is InChI=1S/C16H29NO3/c1-11(2)16(4,15(19)20)10-14(18)17(5)13-8-6-7-12(3)9-13/h11-13H,6-10H2,1-5H3,(H,19,20). The van der Waals surface area contributed by atoms with Crippen LogP contribution in [0.25, 0.3) is 0 Å². The summed E-state index contributed by atoms with van der Waals surface area (Å²) in [4.78, 5) is 25.7. The minimum Gasteiger partial charge on any atom is -0.481 e. The summed E-state index contributed by atoms with van der Waals surface area (Å²) in [5.74, 6) is -0.337. The zero-order valence-corrected chi connectivity index (χ0v) is 13.5. The van der Waals surface area contributed by atoms with Gasteiger partial charge in [0, 0.05) is 19.5 Å². The van der Waals surface area contributed by atoms with Gasteiger partial charge >= 0.3 is 5.97 Å². The molecule has 1 fully saturated rings. The van der Waals surface area contributed by atoms with Crippen LogP contribution in [0.3, 0.4) is 0 Å². The van der Waals surface area contributed by atoms with Crippen molar-refractivity contribution in [2.24, 2.45) is 17.3 Å². The third-order valence-corrected chi connectivity index (χ3v) is 5.13. The number of carboxylic acids is 1. The summed E-state index contributed by atoms with van der Waals surface area (Å²) in [6.45, 7) is 7.63. The Kier molecular flexibility index (Phi) is 5.60. The first-order valence-electron chi connectivity index (χ1n) is 7.67. The average molecular weight is 283 g/mol. The van der Waals surface area contributed by atoms with Gasteiger partial charge in [-0.2, -0.15) is 0 Å². The van der Waals surface area contributed by atoms with E-state index in [1.165, 1.54) is 6.42 Å². The van der Waals surface area contributed by atoms with Crippen molar-refractivity contribution in [1.29, 1.82) is 0 Å². The number of rotatable bonds is 5. The second-order valence-electron chi connectivity index (χ2n) is 6.98. The lowest BCUT2D eigenvalue weighted by molar-refractivity contribution is -0.156. The van der Waals surface area contributed by atoms with Gasteiger partial charge < -0.3 is 10.0 Å². The smallest absolute Gasteiger partial charge is 0.310 e. The van der Waals surface area contributed by atoms with E-state index < -0.39 is 11.4 Å². The Labute approximate surface area is 122 Å². The molecule has 20 heavy (non-hydrogen) atoms. The van der Waals surface area contributed by atoms with Crippen molar-refractivity contribution in [3.05, 3.63) is 0 Å². The van der Waals surface area contributed by atoms with Gasteiger partial charge in [0.15, 0.2) is 0 Å². The molecule has 0 bridgehead atoms. The molecule has 0 aromatic heterocycles. The van der Waals surface area contributed by atoms with Crippen molar-refractivity contribution in [2.45, 2.75) is 65.8 Å². The minimum absolute atomic E-state index is 0.0392. The minimum atomic E-state index is -0.981. The normalized spacial score (nSPS) is 26.1. The number of carbonyl (C=O) groups is 2. The third-order valence-electron chi connectivity index (χ3n) is 5.13. The quantitative estimate of drug-likeness (QED) is 0.843. The van der Waals surface area contributed by atoms with E-state index in [4.69, 9.17) is 0 Å². The summed E-state index contributed by atoms with van der Waals surface area (Å²) in [6, 6.07) is 0.274. The lowest BCUT2D eigenvalue weighted by atomic mass is 9.76. The fourth-order valence-corrected chi connectivity index (χ4v) is 2.92. The second-order valence-corrected chi connectivity index (χ2v) is 6.98. The van der Waals surface area contributed by atoms with E-state index in [-0.39, 0.29) is 24.3 Å². The van der Waals surface area contributed by atoms with Gasteiger partial charge in [0.05, 0.1) is 5.41 Å². The lowest BCUT2D eigenvalue weighted by Gasteiger charge is -2.36. The SMILES string of the molecule is CC1CCCC(N(C)C(=O)CC(C)(C(=O)O)C(C)C)C1. The van der Waals surface area contributed by atoms with Gasteiger partial charge in [-0.25, -0.2) is 0 Å². The largest absolute Gasteiger partial charge is 0.481 e. The summed E-state index contributed by atoms with van der Waals surface area (Å²) in [5.41, 5.74) is -0.981. The molecule has 0 aromatic carbocycles. The van der Waals surface area contributed by atoms with Crippen molar-refractivity contribution in [3.8, 4) is 0 Å². The Hall–Kier alpha value is -1.06. The van der Waals surface area contributed by atoms with Crippen LogP contribution >= 0.6 is 0 Å². The van der Waals surface area contributed by atoms with Crippen LogP contribution in [-0.4, -0.2) is 35.0 Å². The first-order valence-corrected chi connectivity index (χ1v) is 7.67. The van der Waals surface area contributed by atoms with Crippen LogP contribution in [-0.2, 0) is 9.59 Å². The van der Waals surface area contributed by atoms with Crippen LogP contribution in [0.5, 0.6) is 0 Å². The van der Waals surface area contributed by atoms with Crippen LogP contribution < -0.4 is 0 Å². The van der Waals surface area contributed by atoms with E-state index in [1.54, 1.807) is 11.8 Å². The highest BCUT2D eigenvalue weighted by Crippen LogP contribution is 2.33. The Morgan fingerprint density at radius 2 is 1.95 bits per heavy atom. The van der Waals surface area contributed by atoms with E-state index in [1.807, 2.05) is 20.9 Å². The van der Waals surface area contributed by atoms with E-state index in [0.717, 1.165) is 19.3 Å². The van der Waals surface area contributed by atoms with Crippen molar-refractivity contribution in [2.75, 3.05) is 7.05 Å². The highest BCUT2D eigenvalue weighted by atomic mass is 16.4. The number of aliphatic carboxylic acids is 1. The maximum Gasteiger partial charge on any atom is 0.310 e. The molecule has 4 nitrogen and oxygen atoms in total. The Morgan fingerprint density at radius 1 is 1.35 bits per heavy atom. The monoisotopic (exact) mass is 283 g/mol. The van der Waals surface area contributed by atoms with Gasteiger partial charge in [-0.05, 0) is 31.6 Å². The molecule has 0 aromatic rings. The lowest BCUT2D eigenvalue weighted by Crippen LogP contribution is -2.44. The van der Waals surface area contributed by atoms with Crippen LogP contribution in [0.2, 0.25) is 0 Å². The predicted molar refractivity (Wildman–Crippen MR) is 79.4 cm³/mol. The molecule has 0 spiro atoms. The molecule has 0 aliphatic heterocycles. The van der Waals surface area contributed by atoms with Gasteiger partial charge in [-0.15, -0.1) is 0 Å². The summed E-state index contributed by atoms with van der Waals surface area (Å²) >= 11 is 0. The van der Waals surface area contributed by atoms with Crippen molar-refractivity contribution >= 4 is 11.9 Å². The molecule has 116 valence electrons. The molecular formula is C16H29NO3. The maximum atomic E-state index is 12.4. The van der Waals surface area contributed by atoms with Gasteiger partial charge in [-0.3, -0.25) is 9.59 Å². The van der Waals surface area contributed by atoms with Crippen molar-refractivity contribution < 1.29 is 14.7 Å². The Morgan fingerprint density at radius 3 is 2.40 bits per heavy atom. The Balaban J connectivity index is 2.71. The van der Waals surface area contributed by atoms with Gasteiger partial charge in [-0.1, -0.05) is 33.6 Å². The fraction of sp³-hybridized carbons (Fsp3) is 0.875. The Bertz CT molecular complexity index is 367. The molecule has 1 N–H and O–H groups in total. The number of carbonyl (C=O) groups excluding carboxylic acids is 1. The second kappa shape index (κ2) is 6.59. The van der Waals surface area contributed by atoms with Crippen molar-refractivity contribution in [1.82, 2.24) is 4.90 Å². The topological polar surface area (TPSA) is 57.6 Å². The van der Waals surface area contributed by atoms with Gasteiger partial charge in [0.2, 0.25) is 5.91 Å².